The van der Waals surface area contributed by atoms with Gasteiger partial charge in [-0.15, -0.1) is 5.10 Å². The lowest BCUT2D eigenvalue weighted by atomic mass is 10.1. The van der Waals surface area contributed by atoms with Gasteiger partial charge in [0.15, 0.2) is 0 Å². The van der Waals surface area contributed by atoms with Crippen molar-refractivity contribution < 1.29 is 18.0 Å². The Balaban J connectivity index is 1.35. The van der Waals surface area contributed by atoms with Crippen LogP contribution in [-0.2, 0) is 6.18 Å². The zero-order valence-electron chi connectivity index (χ0n) is 19.7. The number of anilines is 2. The zero-order chi connectivity index (χ0) is 26.0. The van der Waals surface area contributed by atoms with Crippen molar-refractivity contribution in [2.75, 3.05) is 23.3 Å². The zero-order valence-corrected chi connectivity index (χ0v) is 20.4. The number of aromatic nitrogens is 3. The molecule has 1 saturated heterocycles. The molecule has 0 atom stereocenters. The largest absolute Gasteiger partial charge is 0.418 e. The molecule has 5 rings (SSSR count). The number of hydrogen-bond acceptors (Lipinski definition) is 4. The Bertz CT molecular complexity index is 1400. The van der Waals surface area contributed by atoms with E-state index in [1.54, 1.807) is 52.2 Å². The summed E-state index contributed by atoms with van der Waals surface area (Å²) >= 11 is 5.98. The van der Waals surface area contributed by atoms with Gasteiger partial charge < -0.3 is 10.2 Å². The van der Waals surface area contributed by atoms with E-state index in [-0.39, 0.29) is 11.4 Å². The van der Waals surface area contributed by atoms with Crippen molar-refractivity contribution in [2.45, 2.75) is 25.4 Å². The quantitative estimate of drug-likeness (QED) is 0.309. The summed E-state index contributed by atoms with van der Waals surface area (Å²) < 4.78 is 43.1. The number of piperidine rings is 1. The number of rotatable bonds is 5. The van der Waals surface area contributed by atoms with Gasteiger partial charge in [0.2, 0.25) is 0 Å². The van der Waals surface area contributed by atoms with Crippen LogP contribution in [-0.4, -0.2) is 34.0 Å². The minimum atomic E-state index is -4.53. The summed E-state index contributed by atoms with van der Waals surface area (Å²) in [4.78, 5) is 14.6. The first-order chi connectivity index (χ1) is 17.8. The molecule has 0 unspecified atom stereocenters. The minimum Gasteiger partial charge on any atom is -0.371 e. The standard InChI is InChI=1S/C27H23ClF3N5O/c28-20-8-4-18(5-9-20)25-17-32-34-36(25)22-11-6-19(7-12-22)26(37)33-21-10-13-24(23(16-21)27(29,30)31)35-14-2-1-3-15-35/h4-13,16-17H,1-3,14-15H2,(H,33,37). The van der Waals surface area contributed by atoms with Crippen LogP contribution in [0, 0.1) is 0 Å². The lowest BCUT2D eigenvalue weighted by molar-refractivity contribution is -0.137. The third-order valence-corrected chi connectivity index (χ3v) is 6.57. The van der Waals surface area contributed by atoms with Crippen LogP contribution in [0.4, 0.5) is 24.5 Å². The van der Waals surface area contributed by atoms with Crippen molar-refractivity contribution in [1.29, 1.82) is 0 Å². The fourth-order valence-electron chi connectivity index (χ4n) is 4.45. The van der Waals surface area contributed by atoms with E-state index in [1.807, 2.05) is 12.1 Å². The maximum atomic E-state index is 13.8. The Morgan fingerprint density at radius 1 is 0.919 bits per heavy atom. The number of carbonyl (C=O) groups excluding carboxylic acids is 1. The first-order valence-electron chi connectivity index (χ1n) is 11.8. The molecule has 1 aromatic heterocycles. The van der Waals surface area contributed by atoms with E-state index in [1.165, 1.54) is 12.1 Å². The molecule has 1 amide bonds. The molecule has 0 spiro atoms. The first kappa shape index (κ1) is 24.8. The molecule has 1 aliphatic rings. The lowest BCUT2D eigenvalue weighted by Crippen LogP contribution is -2.31. The number of carbonyl (C=O) groups is 1. The van der Waals surface area contributed by atoms with Crippen LogP contribution in [0.15, 0.2) is 72.9 Å². The normalized spacial score (nSPS) is 14.0. The van der Waals surface area contributed by atoms with E-state index in [2.05, 4.69) is 15.6 Å². The number of nitrogens with zero attached hydrogens (tertiary/aromatic N) is 4. The van der Waals surface area contributed by atoms with Crippen molar-refractivity contribution in [3.05, 3.63) is 89.1 Å². The number of amides is 1. The summed E-state index contributed by atoms with van der Waals surface area (Å²) in [6.07, 6.45) is -0.169. The molecule has 1 fully saturated rings. The van der Waals surface area contributed by atoms with E-state index < -0.39 is 17.6 Å². The van der Waals surface area contributed by atoms with Crippen LogP contribution in [0.1, 0.15) is 35.2 Å². The van der Waals surface area contributed by atoms with Crippen LogP contribution in [0.25, 0.3) is 16.9 Å². The topological polar surface area (TPSA) is 63.1 Å². The molecule has 0 bridgehead atoms. The molecule has 10 heteroatoms. The Kier molecular flexibility index (Phi) is 6.88. The van der Waals surface area contributed by atoms with Crippen LogP contribution >= 0.6 is 11.6 Å². The molecule has 2 heterocycles. The molecule has 3 aromatic carbocycles. The lowest BCUT2D eigenvalue weighted by Gasteiger charge is -2.31. The molecule has 6 nitrogen and oxygen atoms in total. The van der Waals surface area contributed by atoms with Gasteiger partial charge in [-0.3, -0.25) is 4.79 Å². The highest BCUT2D eigenvalue weighted by molar-refractivity contribution is 6.30. The Hall–Kier alpha value is -3.85. The van der Waals surface area contributed by atoms with Crippen LogP contribution < -0.4 is 10.2 Å². The van der Waals surface area contributed by atoms with E-state index in [4.69, 9.17) is 11.6 Å². The Labute approximate surface area is 216 Å². The van der Waals surface area contributed by atoms with E-state index in [9.17, 15) is 18.0 Å². The summed E-state index contributed by atoms with van der Waals surface area (Å²) in [6.45, 7) is 1.18. The average molecular weight is 526 g/mol. The maximum absolute atomic E-state index is 13.8. The Morgan fingerprint density at radius 2 is 1.62 bits per heavy atom. The van der Waals surface area contributed by atoms with Gasteiger partial charge in [0.25, 0.3) is 5.91 Å². The number of benzene rings is 3. The predicted molar refractivity (Wildman–Crippen MR) is 137 cm³/mol. The minimum absolute atomic E-state index is 0.0865. The third kappa shape index (κ3) is 5.46. The fraction of sp³-hybridized carbons (Fsp3) is 0.222. The number of hydrogen-bond donors (Lipinski definition) is 1. The van der Waals surface area contributed by atoms with Gasteiger partial charge in [-0.05, 0) is 73.9 Å². The average Bonchev–Trinajstić information content (AvgIpc) is 3.39. The second-order valence-electron chi connectivity index (χ2n) is 8.82. The first-order valence-corrected chi connectivity index (χ1v) is 12.2. The molecule has 0 radical (unpaired) electrons. The number of halogens is 4. The van der Waals surface area contributed by atoms with Crippen molar-refractivity contribution in [1.82, 2.24) is 15.0 Å². The smallest absolute Gasteiger partial charge is 0.371 e. The van der Waals surface area contributed by atoms with Crippen molar-refractivity contribution in [3.63, 3.8) is 0 Å². The van der Waals surface area contributed by atoms with E-state index in [0.29, 0.717) is 29.4 Å². The van der Waals surface area contributed by atoms with Gasteiger partial charge >= 0.3 is 6.18 Å². The molecule has 0 aliphatic carbocycles. The number of nitrogens with one attached hydrogen (secondary N) is 1. The molecular formula is C27H23ClF3N5O. The molecule has 0 saturated carbocycles. The van der Waals surface area contributed by atoms with Crippen molar-refractivity contribution >= 4 is 28.9 Å². The SMILES string of the molecule is O=C(Nc1ccc(N2CCCCC2)c(C(F)(F)F)c1)c1ccc(-n2nncc2-c2ccc(Cl)cc2)cc1. The Morgan fingerprint density at radius 3 is 2.30 bits per heavy atom. The summed E-state index contributed by atoms with van der Waals surface area (Å²) in [5, 5.41) is 11.3. The van der Waals surface area contributed by atoms with Crippen molar-refractivity contribution in [3.8, 4) is 16.9 Å². The monoisotopic (exact) mass is 525 g/mol. The van der Waals surface area contributed by atoms with Crippen LogP contribution in [0.5, 0.6) is 0 Å². The van der Waals surface area contributed by atoms with Gasteiger partial charge in [-0.1, -0.05) is 28.9 Å². The number of alkyl halides is 3. The maximum Gasteiger partial charge on any atom is 0.418 e. The predicted octanol–water partition coefficient (Wildman–Crippen LogP) is 6.85. The second kappa shape index (κ2) is 10.3. The molecular weight excluding hydrogens is 503 g/mol. The third-order valence-electron chi connectivity index (χ3n) is 6.32. The molecule has 1 N–H and O–H groups in total. The summed E-state index contributed by atoms with van der Waals surface area (Å²) in [5.74, 6) is -0.512. The van der Waals surface area contributed by atoms with Gasteiger partial charge in [0.1, 0.15) is 0 Å². The van der Waals surface area contributed by atoms with Crippen LogP contribution in [0.3, 0.4) is 0 Å². The van der Waals surface area contributed by atoms with Gasteiger partial charge in [-0.25, -0.2) is 4.68 Å². The summed E-state index contributed by atoms with van der Waals surface area (Å²) in [6, 6.07) is 17.8. The van der Waals surface area contributed by atoms with E-state index >= 15 is 0 Å². The molecule has 37 heavy (non-hydrogen) atoms. The van der Waals surface area contributed by atoms with Crippen molar-refractivity contribution in [2.24, 2.45) is 0 Å². The van der Waals surface area contributed by atoms with Gasteiger partial charge in [-0.2, -0.15) is 13.2 Å². The summed E-state index contributed by atoms with van der Waals surface area (Å²) in [5.41, 5.74) is 2.06. The second-order valence-corrected chi connectivity index (χ2v) is 9.25. The van der Waals surface area contributed by atoms with Crippen LogP contribution in [0.2, 0.25) is 5.02 Å². The highest BCUT2D eigenvalue weighted by atomic mass is 35.5. The van der Waals surface area contributed by atoms with Gasteiger partial charge in [0.05, 0.1) is 23.1 Å². The van der Waals surface area contributed by atoms with E-state index in [0.717, 1.165) is 36.6 Å². The van der Waals surface area contributed by atoms with Gasteiger partial charge in [0, 0.05) is 40.6 Å². The fourth-order valence-corrected chi connectivity index (χ4v) is 4.58. The molecule has 1 aliphatic heterocycles. The summed E-state index contributed by atoms with van der Waals surface area (Å²) in [7, 11) is 0. The highest BCUT2D eigenvalue weighted by Crippen LogP contribution is 2.39. The molecule has 4 aromatic rings. The molecule has 190 valence electrons. The highest BCUT2D eigenvalue weighted by Gasteiger charge is 2.35.